The molecule has 1 aliphatic carbocycles. The third-order valence-corrected chi connectivity index (χ3v) is 5.75. The van der Waals surface area contributed by atoms with Crippen molar-refractivity contribution in [2.24, 2.45) is 5.92 Å². The lowest BCUT2D eigenvalue weighted by atomic mass is 9.90. The second kappa shape index (κ2) is 8.36. The summed E-state index contributed by atoms with van der Waals surface area (Å²) in [5, 5.41) is 2.74. The molecular weight excluding hydrogens is 350 g/mol. The molecule has 0 saturated heterocycles. The highest BCUT2D eigenvalue weighted by Crippen LogP contribution is 2.32. The summed E-state index contributed by atoms with van der Waals surface area (Å²) in [6.07, 6.45) is 3.19. The Morgan fingerprint density at radius 2 is 2.12 bits per heavy atom. The number of para-hydroxylation sites is 1. The van der Waals surface area contributed by atoms with E-state index in [9.17, 15) is 9.59 Å². The van der Waals surface area contributed by atoms with E-state index in [1.165, 1.54) is 21.8 Å². The highest BCUT2D eigenvalue weighted by Gasteiger charge is 2.21. The van der Waals surface area contributed by atoms with Gasteiger partial charge >= 0.3 is 5.97 Å². The van der Waals surface area contributed by atoms with Crippen LogP contribution >= 0.6 is 11.3 Å². The van der Waals surface area contributed by atoms with Crippen molar-refractivity contribution in [3.63, 3.8) is 0 Å². The van der Waals surface area contributed by atoms with Gasteiger partial charge in [-0.25, -0.2) is 4.79 Å². The number of thiophene rings is 1. The highest BCUT2D eigenvalue weighted by atomic mass is 32.1. The number of ether oxygens (including phenoxy) is 2. The summed E-state index contributed by atoms with van der Waals surface area (Å²) in [5.41, 5.74) is 2.12. The Morgan fingerprint density at radius 1 is 1.31 bits per heavy atom. The molecule has 5 nitrogen and oxygen atoms in total. The summed E-state index contributed by atoms with van der Waals surface area (Å²) in [7, 11) is 1.59. The summed E-state index contributed by atoms with van der Waals surface area (Å²) in [6, 6.07) is 9.38. The first kappa shape index (κ1) is 18.5. The van der Waals surface area contributed by atoms with Crippen LogP contribution in [0.4, 0.5) is 0 Å². The van der Waals surface area contributed by atoms with Gasteiger partial charge in [-0.15, -0.1) is 11.3 Å². The lowest BCUT2D eigenvalue weighted by molar-refractivity contribution is -0.124. The molecule has 1 unspecified atom stereocenters. The summed E-state index contributed by atoms with van der Waals surface area (Å²) in [6.45, 7) is 2.27. The second-order valence-electron chi connectivity index (χ2n) is 6.57. The number of hydrogen-bond acceptors (Lipinski definition) is 5. The van der Waals surface area contributed by atoms with Crippen LogP contribution in [0.2, 0.25) is 0 Å². The van der Waals surface area contributed by atoms with Crippen molar-refractivity contribution in [1.82, 2.24) is 5.32 Å². The van der Waals surface area contributed by atoms with Gasteiger partial charge in [-0.2, -0.15) is 0 Å². The van der Waals surface area contributed by atoms with Gasteiger partial charge in [-0.1, -0.05) is 25.1 Å². The molecule has 0 saturated carbocycles. The van der Waals surface area contributed by atoms with Gasteiger partial charge in [0.15, 0.2) is 6.61 Å². The number of benzene rings is 1. The molecular formula is C20H23NO4S. The topological polar surface area (TPSA) is 64.6 Å². The Morgan fingerprint density at radius 3 is 2.92 bits per heavy atom. The van der Waals surface area contributed by atoms with Gasteiger partial charge in [0.05, 0.1) is 7.11 Å². The predicted molar refractivity (Wildman–Crippen MR) is 101 cm³/mol. The number of nitrogens with one attached hydrogen (secondary N) is 1. The molecule has 0 radical (unpaired) electrons. The molecule has 6 heteroatoms. The number of hydrogen-bond donors (Lipinski definition) is 1. The summed E-state index contributed by atoms with van der Waals surface area (Å²) < 4.78 is 10.4. The van der Waals surface area contributed by atoms with Gasteiger partial charge in [0.1, 0.15) is 10.6 Å². The molecule has 0 spiro atoms. The molecule has 1 N–H and O–H groups in total. The monoisotopic (exact) mass is 373 g/mol. The molecule has 26 heavy (non-hydrogen) atoms. The van der Waals surface area contributed by atoms with Crippen molar-refractivity contribution in [3.05, 3.63) is 51.2 Å². The average Bonchev–Trinajstić information content (AvgIpc) is 3.07. The highest BCUT2D eigenvalue weighted by molar-refractivity contribution is 7.14. The lowest BCUT2D eigenvalue weighted by Crippen LogP contribution is -2.28. The van der Waals surface area contributed by atoms with Crippen LogP contribution in [0.15, 0.2) is 30.3 Å². The van der Waals surface area contributed by atoms with Crippen LogP contribution in [-0.4, -0.2) is 25.6 Å². The van der Waals surface area contributed by atoms with Gasteiger partial charge < -0.3 is 14.8 Å². The third-order valence-electron chi connectivity index (χ3n) is 4.53. The minimum atomic E-state index is -0.426. The van der Waals surface area contributed by atoms with Gasteiger partial charge in [-0.3, -0.25) is 4.79 Å². The number of rotatable bonds is 6. The first-order valence-electron chi connectivity index (χ1n) is 8.74. The van der Waals surface area contributed by atoms with E-state index in [4.69, 9.17) is 9.47 Å². The first-order chi connectivity index (χ1) is 12.6. The van der Waals surface area contributed by atoms with Crippen molar-refractivity contribution in [3.8, 4) is 5.75 Å². The summed E-state index contributed by atoms with van der Waals surface area (Å²) in [5.74, 6) is 0.605. The fourth-order valence-electron chi connectivity index (χ4n) is 3.10. The van der Waals surface area contributed by atoms with Crippen LogP contribution in [0.1, 0.15) is 39.0 Å². The Kier molecular flexibility index (Phi) is 5.93. The molecule has 0 fully saturated rings. The van der Waals surface area contributed by atoms with Crippen LogP contribution in [0.25, 0.3) is 0 Å². The van der Waals surface area contributed by atoms with Crippen molar-refractivity contribution in [2.45, 2.75) is 32.7 Å². The minimum absolute atomic E-state index is 0.285. The van der Waals surface area contributed by atoms with E-state index >= 15 is 0 Å². The Hall–Kier alpha value is -2.34. The molecule has 1 heterocycles. The van der Waals surface area contributed by atoms with Gasteiger partial charge in [-0.05, 0) is 42.9 Å². The molecule has 1 atom stereocenters. The van der Waals surface area contributed by atoms with Gasteiger partial charge in [0.25, 0.3) is 5.91 Å². The number of methoxy groups -OCH3 is 1. The first-order valence-corrected chi connectivity index (χ1v) is 9.55. The molecule has 0 aliphatic heterocycles. The molecule has 3 rings (SSSR count). The zero-order valence-corrected chi connectivity index (χ0v) is 15.9. The Labute approximate surface area is 157 Å². The average molecular weight is 373 g/mol. The SMILES string of the molecule is COc1ccccc1CNC(=O)COC(=O)c1cc2c(s1)CCC(C)C2. The molecule has 138 valence electrons. The number of carbonyl (C=O) groups is 2. The lowest BCUT2D eigenvalue weighted by Gasteiger charge is -2.16. The van der Waals surface area contributed by atoms with Crippen LogP contribution in [0, 0.1) is 5.92 Å². The summed E-state index contributed by atoms with van der Waals surface area (Å²) >= 11 is 1.49. The van der Waals surface area contributed by atoms with Gasteiger partial charge in [0.2, 0.25) is 0 Å². The van der Waals surface area contributed by atoms with Crippen LogP contribution in [0.5, 0.6) is 5.75 Å². The molecule has 1 aliphatic rings. The van der Waals surface area contributed by atoms with Crippen molar-refractivity contribution >= 4 is 23.2 Å². The van der Waals surface area contributed by atoms with Crippen molar-refractivity contribution in [1.29, 1.82) is 0 Å². The third kappa shape index (κ3) is 4.43. The standard InChI is InChI=1S/C20H23NO4S/c1-13-7-8-17-15(9-13)10-18(26-17)20(23)25-12-19(22)21-11-14-5-3-4-6-16(14)24-2/h3-6,10,13H,7-9,11-12H2,1-2H3,(H,21,22). The van der Waals surface area contributed by atoms with E-state index in [2.05, 4.69) is 12.2 Å². The molecule has 1 amide bonds. The number of carbonyl (C=O) groups excluding carboxylic acids is 2. The van der Waals surface area contributed by atoms with Crippen molar-refractivity contribution < 1.29 is 19.1 Å². The Balaban J connectivity index is 1.49. The number of amides is 1. The van der Waals surface area contributed by atoms with E-state index in [1.807, 2.05) is 30.3 Å². The molecule has 0 bridgehead atoms. The number of fused-ring (bicyclic) bond motifs is 1. The molecule has 2 aromatic rings. The minimum Gasteiger partial charge on any atom is -0.496 e. The number of aryl methyl sites for hydroxylation is 1. The smallest absolute Gasteiger partial charge is 0.348 e. The number of esters is 1. The quantitative estimate of drug-likeness (QED) is 0.789. The van der Waals surface area contributed by atoms with Crippen LogP contribution in [0.3, 0.4) is 0 Å². The predicted octanol–water partition coefficient (Wildman–Crippen LogP) is 3.35. The summed E-state index contributed by atoms with van der Waals surface area (Å²) in [4.78, 5) is 26.0. The second-order valence-corrected chi connectivity index (χ2v) is 7.71. The zero-order valence-electron chi connectivity index (χ0n) is 15.0. The van der Waals surface area contributed by atoms with Gasteiger partial charge in [0, 0.05) is 17.0 Å². The largest absolute Gasteiger partial charge is 0.496 e. The maximum absolute atomic E-state index is 12.2. The van der Waals surface area contributed by atoms with Crippen molar-refractivity contribution in [2.75, 3.05) is 13.7 Å². The molecule has 1 aromatic carbocycles. The normalized spacial score (nSPS) is 15.8. The van der Waals surface area contributed by atoms with Crippen LogP contribution in [-0.2, 0) is 28.9 Å². The van der Waals surface area contributed by atoms with Crippen LogP contribution < -0.4 is 10.1 Å². The fourth-order valence-corrected chi connectivity index (χ4v) is 4.20. The fraction of sp³-hybridized carbons (Fsp3) is 0.400. The Bertz CT molecular complexity index is 799. The van der Waals surface area contributed by atoms with E-state index < -0.39 is 5.97 Å². The zero-order chi connectivity index (χ0) is 18.5. The van der Waals surface area contributed by atoms with E-state index in [-0.39, 0.29) is 12.5 Å². The maximum atomic E-state index is 12.2. The molecule has 1 aromatic heterocycles. The van der Waals surface area contributed by atoms with E-state index in [0.29, 0.717) is 23.1 Å². The maximum Gasteiger partial charge on any atom is 0.348 e. The van der Waals surface area contributed by atoms with E-state index in [1.54, 1.807) is 7.11 Å². The van der Waals surface area contributed by atoms with E-state index in [0.717, 1.165) is 24.8 Å².